The van der Waals surface area contributed by atoms with E-state index in [4.69, 9.17) is 4.74 Å². The largest absolute Gasteiger partial charge is 0.497 e. The number of hydrogen-bond donors (Lipinski definition) is 1. The highest BCUT2D eigenvalue weighted by Gasteiger charge is 1.93. The van der Waals surface area contributed by atoms with Crippen molar-refractivity contribution in [3.63, 3.8) is 0 Å². The number of amides is 1. The molecule has 2 aromatic rings. The minimum Gasteiger partial charge on any atom is -0.497 e. The molecule has 0 radical (unpaired) electrons. The van der Waals surface area contributed by atoms with Crippen LogP contribution in [0.15, 0.2) is 60.7 Å². The van der Waals surface area contributed by atoms with Crippen molar-refractivity contribution in [1.82, 2.24) is 5.32 Å². The van der Waals surface area contributed by atoms with E-state index in [0.717, 1.165) is 16.9 Å². The van der Waals surface area contributed by atoms with Gasteiger partial charge in [0.05, 0.1) is 13.7 Å². The van der Waals surface area contributed by atoms with Crippen molar-refractivity contribution >= 4 is 12.0 Å². The van der Waals surface area contributed by atoms with Crippen LogP contribution in [-0.4, -0.2) is 19.6 Å². The van der Waals surface area contributed by atoms with Crippen LogP contribution in [0.5, 0.6) is 5.75 Å². The van der Waals surface area contributed by atoms with Gasteiger partial charge in [-0.1, -0.05) is 42.2 Å². The number of carbonyl (C=O) groups excluding carboxylic acids is 1. The van der Waals surface area contributed by atoms with Crippen molar-refractivity contribution in [2.75, 3.05) is 13.7 Å². The molecule has 3 heteroatoms. The van der Waals surface area contributed by atoms with Gasteiger partial charge in [0.25, 0.3) is 0 Å². The number of benzene rings is 2. The van der Waals surface area contributed by atoms with Crippen LogP contribution in [0.2, 0.25) is 0 Å². The van der Waals surface area contributed by atoms with Crippen molar-refractivity contribution in [3.05, 3.63) is 71.8 Å². The Morgan fingerprint density at radius 3 is 2.55 bits per heavy atom. The van der Waals surface area contributed by atoms with Gasteiger partial charge in [0, 0.05) is 11.6 Å². The smallest absolute Gasteiger partial charge is 0.244 e. The van der Waals surface area contributed by atoms with Gasteiger partial charge < -0.3 is 10.1 Å². The van der Waals surface area contributed by atoms with E-state index >= 15 is 0 Å². The van der Waals surface area contributed by atoms with Crippen molar-refractivity contribution in [3.8, 4) is 17.6 Å². The van der Waals surface area contributed by atoms with Crippen molar-refractivity contribution in [1.29, 1.82) is 0 Å². The van der Waals surface area contributed by atoms with Gasteiger partial charge in [-0.25, -0.2) is 0 Å². The highest BCUT2D eigenvalue weighted by Crippen LogP contribution is 2.09. The normalized spacial score (nSPS) is 9.86. The number of methoxy groups -OCH3 is 1. The first-order valence-electron chi connectivity index (χ1n) is 6.92. The molecule has 0 aliphatic rings. The predicted molar refractivity (Wildman–Crippen MR) is 88.4 cm³/mol. The van der Waals surface area contributed by atoms with Crippen LogP contribution in [0, 0.1) is 11.8 Å². The SMILES string of the molecule is COc1ccc(C#CCNC(=O)/C=C/c2ccccc2)cc1. The summed E-state index contributed by atoms with van der Waals surface area (Å²) in [6, 6.07) is 17.1. The van der Waals surface area contributed by atoms with Gasteiger partial charge in [-0.05, 0) is 35.9 Å². The number of nitrogens with one attached hydrogen (secondary N) is 1. The summed E-state index contributed by atoms with van der Waals surface area (Å²) in [4.78, 5) is 11.6. The second kappa shape index (κ2) is 8.33. The lowest BCUT2D eigenvalue weighted by atomic mass is 10.2. The first kappa shape index (κ1) is 15.4. The third-order valence-electron chi connectivity index (χ3n) is 2.90. The maximum absolute atomic E-state index is 11.6. The average Bonchev–Trinajstić information content (AvgIpc) is 2.58. The highest BCUT2D eigenvalue weighted by atomic mass is 16.5. The Kier molecular flexibility index (Phi) is 5.83. The Morgan fingerprint density at radius 1 is 1.14 bits per heavy atom. The molecule has 0 atom stereocenters. The maximum atomic E-state index is 11.6. The van der Waals surface area contributed by atoms with Gasteiger partial charge in [0.2, 0.25) is 5.91 Å². The third kappa shape index (κ3) is 5.18. The van der Waals surface area contributed by atoms with E-state index < -0.39 is 0 Å². The summed E-state index contributed by atoms with van der Waals surface area (Å²) < 4.78 is 5.08. The summed E-state index contributed by atoms with van der Waals surface area (Å²) in [5.74, 6) is 6.53. The quantitative estimate of drug-likeness (QED) is 0.695. The van der Waals surface area contributed by atoms with Crippen molar-refractivity contribution in [2.24, 2.45) is 0 Å². The number of rotatable bonds is 4. The molecule has 0 aliphatic carbocycles. The first-order chi connectivity index (χ1) is 10.8. The number of carbonyl (C=O) groups is 1. The van der Waals surface area contributed by atoms with Crippen LogP contribution in [-0.2, 0) is 4.79 Å². The summed E-state index contributed by atoms with van der Waals surface area (Å²) in [5, 5.41) is 2.72. The Morgan fingerprint density at radius 2 is 1.86 bits per heavy atom. The minimum atomic E-state index is -0.159. The molecular weight excluding hydrogens is 274 g/mol. The Labute approximate surface area is 130 Å². The van der Waals surface area contributed by atoms with Crippen molar-refractivity contribution in [2.45, 2.75) is 0 Å². The fourth-order valence-corrected chi connectivity index (χ4v) is 1.75. The molecule has 0 aliphatic heterocycles. The summed E-state index contributed by atoms with van der Waals surface area (Å²) >= 11 is 0. The molecule has 0 unspecified atom stereocenters. The molecule has 0 fully saturated rings. The molecular formula is C19H17NO2. The summed E-state index contributed by atoms with van der Waals surface area (Å²) in [6.07, 6.45) is 3.27. The molecule has 2 aromatic carbocycles. The molecule has 2 rings (SSSR count). The van der Waals surface area contributed by atoms with E-state index in [0.29, 0.717) is 6.54 Å². The molecule has 1 amide bonds. The zero-order valence-electron chi connectivity index (χ0n) is 12.4. The van der Waals surface area contributed by atoms with Gasteiger partial charge in [0.15, 0.2) is 0 Å². The molecule has 3 nitrogen and oxygen atoms in total. The number of hydrogen-bond acceptors (Lipinski definition) is 2. The topological polar surface area (TPSA) is 38.3 Å². The van der Waals surface area contributed by atoms with E-state index in [1.54, 1.807) is 13.2 Å². The predicted octanol–water partition coefficient (Wildman–Crippen LogP) is 2.88. The molecule has 0 bridgehead atoms. The molecule has 0 heterocycles. The lowest BCUT2D eigenvalue weighted by Gasteiger charge is -1.98. The van der Waals surface area contributed by atoms with Crippen LogP contribution >= 0.6 is 0 Å². The Hall–Kier alpha value is -2.99. The summed E-state index contributed by atoms with van der Waals surface area (Å²) in [7, 11) is 1.62. The minimum absolute atomic E-state index is 0.159. The molecule has 0 saturated heterocycles. The maximum Gasteiger partial charge on any atom is 0.244 e. The van der Waals surface area contributed by atoms with E-state index in [9.17, 15) is 4.79 Å². The Balaban J connectivity index is 1.79. The Bertz CT molecular complexity index is 692. The van der Waals surface area contributed by atoms with E-state index in [1.165, 1.54) is 6.08 Å². The standard InChI is InChI=1S/C19H17NO2/c1-22-18-12-9-17(10-13-18)8-5-15-20-19(21)14-11-16-6-3-2-4-7-16/h2-4,6-7,9-14H,15H2,1H3,(H,20,21)/b14-11+. The van der Waals surface area contributed by atoms with Gasteiger partial charge in [-0.15, -0.1) is 0 Å². The monoisotopic (exact) mass is 291 g/mol. The van der Waals surface area contributed by atoms with Crippen molar-refractivity contribution < 1.29 is 9.53 Å². The second-order valence-electron chi connectivity index (χ2n) is 4.49. The fraction of sp³-hybridized carbons (Fsp3) is 0.105. The molecule has 0 saturated carbocycles. The summed E-state index contributed by atoms with van der Waals surface area (Å²) in [6.45, 7) is 0.310. The van der Waals surface area contributed by atoms with Crippen LogP contribution in [0.25, 0.3) is 6.08 Å². The summed E-state index contributed by atoms with van der Waals surface area (Å²) in [5.41, 5.74) is 1.87. The van der Waals surface area contributed by atoms with E-state index in [2.05, 4.69) is 17.2 Å². The molecule has 0 aromatic heterocycles. The van der Waals surface area contributed by atoms with Crippen LogP contribution in [0.1, 0.15) is 11.1 Å². The van der Waals surface area contributed by atoms with Crippen LogP contribution < -0.4 is 10.1 Å². The second-order valence-corrected chi connectivity index (χ2v) is 4.49. The zero-order valence-corrected chi connectivity index (χ0v) is 12.4. The lowest BCUT2D eigenvalue weighted by molar-refractivity contribution is -0.116. The van der Waals surface area contributed by atoms with E-state index in [1.807, 2.05) is 54.6 Å². The average molecular weight is 291 g/mol. The third-order valence-corrected chi connectivity index (χ3v) is 2.90. The fourth-order valence-electron chi connectivity index (χ4n) is 1.75. The van der Waals surface area contributed by atoms with E-state index in [-0.39, 0.29) is 5.91 Å². The molecule has 1 N–H and O–H groups in total. The molecule has 110 valence electrons. The highest BCUT2D eigenvalue weighted by molar-refractivity contribution is 5.91. The van der Waals surface area contributed by atoms with Gasteiger partial charge in [-0.3, -0.25) is 4.79 Å². The van der Waals surface area contributed by atoms with Gasteiger partial charge >= 0.3 is 0 Å². The van der Waals surface area contributed by atoms with Gasteiger partial charge in [0.1, 0.15) is 5.75 Å². The van der Waals surface area contributed by atoms with Crippen LogP contribution in [0.3, 0.4) is 0 Å². The first-order valence-corrected chi connectivity index (χ1v) is 6.92. The lowest BCUT2D eigenvalue weighted by Crippen LogP contribution is -2.20. The molecule has 0 spiro atoms. The van der Waals surface area contributed by atoms with Crippen LogP contribution in [0.4, 0.5) is 0 Å². The zero-order chi connectivity index (χ0) is 15.6. The molecule has 22 heavy (non-hydrogen) atoms. The number of ether oxygens (including phenoxy) is 1. The van der Waals surface area contributed by atoms with Gasteiger partial charge in [-0.2, -0.15) is 0 Å².